The van der Waals surface area contributed by atoms with Crippen molar-refractivity contribution in [2.24, 2.45) is 11.7 Å². The fourth-order valence-corrected chi connectivity index (χ4v) is 1.84. The van der Waals surface area contributed by atoms with Crippen LogP contribution in [0.4, 0.5) is 5.69 Å². The zero-order valence-corrected chi connectivity index (χ0v) is 11.6. The first-order chi connectivity index (χ1) is 7.91. The van der Waals surface area contributed by atoms with Gasteiger partial charge in [0.25, 0.3) is 0 Å². The van der Waals surface area contributed by atoms with E-state index >= 15 is 0 Å². The second-order valence-electron chi connectivity index (χ2n) is 5.37. The maximum absolute atomic E-state index is 5.80. The fraction of sp³-hybridized carbons (Fsp3) is 0.643. The number of nitrogens with zero attached hydrogens (tertiary/aromatic N) is 2. The fourth-order valence-electron chi connectivity index (χ4n) is 1.84. The van der Waals surface area contributed by atoms with Crippen molar-refractivity contribution >= 4 is 5.69 Å². The molecule has 17 heavy (non-hydrogen) atoms. The number of rotatable bonds is 5. The highest BCUT2D eigenvalue weighted by Crippen LogP contribution is 2.19. The summed E-state index contributed by atoms with van der Waals surface area (Å²) in [6.45, 7) is 11.9. The van der Waals surface area contributed by atoms with Crippen molar-refractivity contribution in [3.05, 3.63) is 24.0 Å². The molecule has 1 aromatic heterocycles. The van der Waals surface area contributed by atoms with Crippen LogP contribution in [0.3, 0.4) is 0 Å². The molecule has 0 spiro atoms. The van der Waals surface area contributed by atoms with Crippen LogP contribution in [0, 0.1) is 5.92 Å². The molecule has 1 atom stereocenters. The summed E-state index contributed by atoms with van der Waals surface area (Å²) in [6.07, 6.45) is 1.93. The Morgan fingerprint density at radius 2 is 1.82 bits per heavy atom. The van der Waals surface area contributed by atoms with E-state index in [2.05, 4.69) is 43.6 Å². The van der Waals surface area contributed by atoms with Crippen molar-refractivity contribution in [2.75, 3.05) is 11.4 Å². The first-order valence-corrected chi connectivity index (χ1v) is 6.40. The van der Waals surface area contributed by atoms with Crippen molar-refractivity contribution in [3.63, 3.8) is 0 Å². The molecule has 2 N–H and O–H groups in total. The Bertz CT molecular complexity index is 328. The second-order valence-corrected chi connectivity index (χ2v) is 5.37. The summed E-state index contributed by atoms with van der Waals surface area (Å²) < 4.78 is 0. The smallest absolute Gasteiger partial charge is 0.0569 e. The summed E-state index contributed by atoms with van der Waals surface area (Å²) in [5.41, 5.74) is 7.93. The number of aromatic nitrogens is 1. The molecule has 96 valence electrons. The van der Waals surface area contributed by atoms with Crippen LogP contribution in [0.2, 0.25) is 0 Å². The minimum atomic E-state index is 0.00153. The third-order valence-electron chi connectivity index (χ3n) is 2.75. The van der Waals surface area contributed by atoms with Gasteiger partial charge in [0.15, 0.2) is 0 Å². The van der Waals surface area contributed by atoms with Crippen molar-refractivity contribution in [1.82, 2.24) is 4.98 Å². The molecule has 1 heterocycles. The van der Waals surface area contributed by atoms with Crippen LogP contribution >= 0.6 is 0 Å². The maximum atomic E-state index is 5.80. The summed E-state index contributed by atoms with van der Waals surface area (Å²) in [4.78, 5) is 6.80. The molecule has 0 radical (unpaired) electrons. The van der Waals surface area contributed by atoms with E-state index in [1.54, 1.807) is 0 Å². The number of pyridine rings is 1. The molecule has 0 bridgehead atoms. The van der Waals surface area contributed by atoms with Crippen LogP contribution < -0.4 is 10.6 Å². The van der Waals surface area contributed by atoms with Gasteiger partial charge in [-0.1, -0.05) is 13.8 Å². The van der Waals surface area contributed by atoms with E-state index in [0.717, 1.165) is 12.2 Å². The third-order valence-corrected chi connectivity index (χ3v) is 2.75. The zero-order valence-electron chi connectivity index (χ0n) is 11.6. The van der Waals surface area contributed by atoms with Gasteiger partial charge in [-0.2, -0.15) is 0 Å². The average Bonchev–Trinajstić information content (AvgIpc) is 2.25. The van der Waals surface area contributed by atoms with E-state index in [1.165, 1.54) is 5.69 Å². The van der Waals surface area contributed by atoms with E-state index in [9.17, 15) is 0 Å². The molecule has 0 aliphatic rings. The van der Waals surface area contributed by atoms with Gasteiger partial charge in [0.1, 0.15) is 0 Å². The van der Waals surface area contributed by atoms with Crippen molar-refractivity contribution in [1.29, 1.82) is 0 Å². The Hall–Kier alpha value is -1.09. The molecule has 0 unspecified atom stereocenters. The average molecular weight is 235 g/mol. The van der Waals surface area contributed by atoms with Crippen LogP contribution in [0.5, 0.6) is 0 Å². The molecule has 0 aliphatic heterocycles. The van der Waals surface area contributed by atoms with Gasteiger partial charge in [-0.15, -0.1) is 0 Å². The Balaban J connectivity index is 2.87. The number of hydrogen-bond acceptors (Lipinski definition) is 3. The van der Waals surface area contributed by atoms with E-state index < -0.39 is 0 Å². The first-order valence-electron chi connectivity index (χ1n) is 6.40. The van der Waals surface area contributed by atoms with Gasteiger partial charge in [0.05, 0.1) is 17.6 Å². The lowest BCUT2D eigenvalue weighted by Crippen LogP contribution is -2.34. The number of anilines is 1. The Labute approximate surface area is 105 Å². The molecule has 0 fully saturated rings. The molecule has 3 nitrogen and oxygen atoms in total. The van der Waals surface area contributed by atoms with Crippen molar-refractivity contribution in [3.8, 4) is 0 Å². The largest absolute Gasteiger partial charge is 0.368 e. The Morgan fingerprint density at radius 1 is 1.18 bits per heavy atom. The lowest BCUT2D eigenvalue weighted by Gasteiger charge is -2.30. The third kappa shape index (κ3) is 4.00. The molecule has 1 aromatic rings. The van der Waals surface area contributed by atoms with Crippen LogP contribution in [-0.2, 0) is 0 Å². The summed E-state index contributed by atoms with van der Waals surface area (Å²) in [7, 11) is 0. The van der Waals surface area contributed by atoms with Gasteiger partial charge < -0.3 is 10.6 Å². The minimum absolute atomic E-state index is 0.00153. The topological polar surface area (TPSA) is 42.1 Å². The van der Waals surface area contributed by atoms with Gasteiger partial charge in [-0.05, 0) is 38.8 Å². The maximum Gasteiger partial charge on any atom is 0.0569 e. The molecule has 0 saturated heterocycles. The van der Waals surface area contributed by atoms with Crippen molar-refractivity contribution < 1.29 is 0 Å². The molecular formula is C14H25N3. The highest BCUT2D eigenvalue weighted by Gasteiger charge is 2.12. The molecule has 0 amide bonds. The quantitative estimate of drug-likeness (QED) is 0.853. The van der Waals surface area contributed by atoms with E-state index in [4.69, 9.17) is 5.73 Å². The van der Waals surface area contributed by atoms with Gasteiger partial charge in [-0.25, -0.2) is 0 Å². The standard InChI is InChI=1S/C14H25N3/c1-10(2)9-17(11(3)4)13-6-7-14(12(5)15)16-8-13/h6-8,10-12H,9,15H2,1-5H3/t12-/m0/s1. The normalized spacial score (nSPS) is 13.2. The zero-order chi connectivity index (χ0) is 13.0. The van der Waals surface area contributed by atoms with Gasteiger partial charge in [0, 0.05) is 18.6 Å². The molecule has 0 saturated carbocycles. The highest BCUT2D eigenvalue weighted by molar-refractivity contribution is 5.45. The van der Waals surface area contributed by atoms with Crippen LogP contribution in [0.1, 0.15) is 46.4 Å². The Morgan fingerprint density at radius 3 is 2.18 bits per heavy atom. The monoisotopic (exact) mass is 235 g/mol. The van der Waals surface area contributed by atoms with E-state index in [1.807, 2.05) is 19.2 Å². The molecule has 0 aromatic carbocycles. The van der Waals surface area contributed by atoms with Gasteiger partial charge >= 0.3 is 0 Å². The molecular weight excluding hydrogens is 210 g/mol. The van der Waals surface area contributed by atoms with Crippen LogP contribution in [0.25, 0.3) is 0 Å². The summed E-state index contributed by atoms with van der Waals surface area (Å²) in [5.74, 6) is 0.644. The van der Waals surface area contributed by atoms with Gasteiger partial charge in [-0.3, -0.25) is 4.98 Å². The summed E-state index contributed by atoms with van der Waals surface area (Å²) in [6, 6.07) is 4.63. The second kappa shape index (κ2) is 6.01. The molecule has 3 heteroatoms. The number of hydrogen-bond donors (Lipinski definition) is 1. The summed E-state index contributed by atoms with van der Waals surface area (Å²) >= 11 is 0. The predicted octanol–water partition coefficient (Wildman–Crippen LogP) is 2.97. The molecule has 1 rings (SSSR count). The van der Waals surface area contributed by atoms with E-state index in [0.29, 0.717) is 12.0 Å². The Kier molecular flexibility index (Phi) is 4.94. The van der Waals surface area contributed by atoms with Crippen LogP contribution in [-0.4, -0.2) is 17.6 Å². The lowest BCUT2D eigenvalue weighted by atomic mass is 10.1. The minimum Gasteiger partial charge on any atom is -0.368 e. The van der Waals surface area contributed by atoms with Gasteiger partial charge in [0.2, 0.25) is 0 Å². The van der Waals surface area contributed by atoms with Crippen LogP contribution in [0.15, 0.2) is 18.3 Å². The molecule has 0 aliphatic carbocycles. The lowest BCUT2D eigenvalue weighted by molar-refractivity contribution is 0.570. The first kappa shape index (κ1) is 14.0. The SMILES string of the molecule is CC(C)CN(c1ccc([C@H](C)N)nc1)C(C)C. The number of nitrogens with two attached hydrogens (primary N) is 1. The summed E-state index contributed by atoms with van der Waals surface area (Å²) in [5, 5.41) is 0. The van der Waals surface area contributed by atoms with Crippen molar-refractivity contribution in [2.45, 2.75) is 46.7 Å². The van der Waals surface area contributed by atoms with E-state index in [-0.39, 0.29) is 6.04 Å². The predicted molar refractivity (Wildman–Crippen MR) is 74.2 cm³/mol. The highest BCUT2D eigenvalue weighted by atomic mass is 15.2.